The van der Waals surface area contributed by atoms with Crippen molar-refractivity contribution in [3.8, 4) is 11.5 Å². The average molecular weight is 391 g/mol. The lowest BCUT2D eigenvalue weighted by Crippen LogP contribution is -2.32. The van der Waals surface area contributed by atoms with E-state index in [-0.39, 0.29) is 5.91 Å². The van der Waals surface area contributed by atoms with Crippen LogP contribution in [0.4, 0.5) is 0 Å². The smallest absolute Gasteiger partial charge is 0.272 e. The van der Waals surface area contributed by atoms with E-state index in [1.807, 2.05) is 73.3 Å². The highest BCUT2D eigenvalue weighted by Crippen LogP contribution is 2.31. The molecule has 0 saturated heterocycles. The van der Waals surface area contributed by atoms with Crippen molar-refractivity contribution in [2.24, 2.45) is 0 Å². The third kappa shape index (κ3) is 4.26. The molecule has 0 bridgehead atoms. The summed E-state index contributed by atoms with van der Waals surface area (Å²) in [6, 6.07) is 17.7. The predicted octanol–water partition coefficient (Wildman–Crippen LogP) is 3.83. The number of aromatic nitrogens is 2. The molecule has 1 aliphatic heterocycles. The molecule has 0 radical (unpaired) electrons. The Bertz CT molecular complexity index is 998. The van der Waals surface area contributed by atoms with Crippen LogP contribution in [0.15, 0.2) is 54.6 Å². The zero-order valence-corrected chi connectivity index (χ0v) is 16.8. The quantitative estimate of drug-likeness (QED) is 0.641. The van der Waals surface area contributed by atoms with Crippen LogP contribution in [0.5, 0.6) is 11.5 Å². The summed E-state index contributed by atoms with van der Waals surface area (Å²) in [4.78, 5) is 15.3. The Morgan fingerprint density at radius 2 is 1.72 bits per heavy atom. The van der Waals surface area contributed by atoms with Crippen LogP contribution in [0.3, 0.4) is 0 Å². The van der Waals surface area contributed by atoms with E-state index in [2.05, 4.69) is 5.10 Å². The highest BCUT2D eigenvalue weighted by molar-refractivity contribution is 5.92. The number of carbonyl (C=O) groups is 1. The average Bonchev–Trinajstić information content (AvgIpc) is 3.14. The van der Waals surface area contributed by atoms with Gasteiger partial charge in [0.25, 0.3) is 5.91 Å². The van der Waals surface area contributed by atoms with Gasteiger partial charge in [-0.1, -0.05) is 36.4 Å². The maximum atomic E-state index is 13.4. The fourth-order valence-corrected chi connectivity index (χ4v) is 3.53. The maximum absolute atomic E-state index is 13.4. The zero-order valence-electron chi connectivity index (χ0n) is 16.8. The first-order chi connectivity index (χ1) is 14.1. The molecular weight excluding hydrogens is 366 g/mol. The number of benzene rings is 2. The second-order valence-electron chi connectivity index (χ2n) is 7.11. The second kappa shape index (κ2) is 8.39. The number of nitrogens with zero attached hydrogens (tertiary/aromatic N) is 3. The Morgan fingerprint density at radius 3 is 2.48 bits per heavy atom. The molecule has 0 aliphatic carbocycles. The molecule has 0 N–H and O–H groups in total. The van der Waals surface area contributed by atoms with E-state index in [4.69, 9.17) is 9.47 Å². The second-order valence-corrected chi connectivity index (χ2v) is 7.11. The molecule has 4 rings (SSSR count). The number of rotatable bonds is 6. The Labute approximate surface area is 170 Å². The van der Waals surface area contributed by atoms with Gasteiger partial charge in [0.1, 0.15) is 18.9 Å². The van der Waals surface area contributed by atoms with Gasteiger partial charge in [0.05, 0.1) is 5.69 Å². The molecule has 0 saturated carbocycles. The molecule has 2 heterocycles. The van der Waals surface area contributed by atoms with Gasteiger partial charge in [0, 0.05) is 19.6 Å². The molecule has 0 unspecified atom stereocenters. The van der Waals surface area contributed by atoms with Crippen LogP contribution in [-0.4, -0.2) is 33.8 Å². The number of aryl methyl sites for hydroxylation is 2. The van der Waals surface area contributed by atoms with Gasteiger partial charge in [-0.2, -0.15) is 5.10 Å². The number of hydrogen-bond acceptors (Lipinski definition) is 4. The van der Waals surface area contributed by atoms with Crippen molar-refractivity contribution >= 4 is 5.91 Å². The zero-order chi connectivity index (χ0) is 20.2. The first-order valence-corrected chi connectivity index (χ1v) is 9.90. The minimum atomic E-state index is -0.0359. The SMILES string of the molecule is CCn1nc(C)cc1C(=O)N(Cc1ccccc1)Cc1ccc2c(c1)OCCO2. The Morgan fingerprint density at radius 1 is 1.00 bits per heavy atom. The normalized spacial score (nSPS) is 12.6. The molecule has 1 aliphatic rings. The van der Waals surface area contributed by atoms with Crippen LogP contribution < -0.4 is 9.47 Å². The number of hydrogen-bond donors (Lipinski definition) is 0. The molecule has 6 heteroatoms. The number of amides is 1. The highest BCUT2D eigenvalue weighted by Gasteiger charge is 2.22. The summed E-state index contributed by atoms with van der Waals surface area (Å²) in [5, 5.41) is 4.44. The summed E-state index contributed by atoms with van der Waals surface area (Å²) in [5.74, 6) is 1.45. The third-order valence-electron chi connectivity index (χ3n) is 4.90. The molecule has 150 valence electrons. The molecule has 0 atom stereocenters. The molecule has 3 aromatic rings. The van der Waals surface area contributed by atoms with Crippen LogP contribution in [0.25, 0.3) is 0 Å². The largest absolute Gasteiger partial charge is 0.486 e. The minimum Gasteiger partial charge on any atom is -0.486 e. The Balaban J connectivity index is 1.64. The summed E-state index contributed by atoms with van der Waals surface area (Å²) in [7, 11) is 0. The molecule has 0 spiro atoms. The number of ether oxygens (including phenoxy) is 2. The predicted molar refractivity (Wildman–Crippen MR) is 110 cm³/mol. The number of fused-ring (bicyclic) bond motifs is 1. The first-order valence-electron chi connectivity index (χ1n) is 9.90. The van der Waals surface area contributed by atoms with Crippen molar-refractivity contribution in [3.63, 3.8) is 0 Å². The lowest BCUT2D eigenvalue weighted by molar-refractivity contribution is 0.0717. The lowest BCUT2D eigenvalue weighted by Gasteiger charge is -2.25. The fraction of sp³-hybridized carbons (Fsp3) is 0.304. The molecular formula is C23H25N3O3. The lowest BCUT2D eigenvalue weighted by atomic mass is 10.1. The van der Waals surface area contributed by atoms with Gasteiger partial charge in [0.2, 0.25) is 0 Å². The standard InChI is InChI=1S/C23H25N3O3/c1-3-26-20(13-17(2)24-26)23(27)25(15-18-7-5-4-6-8-18)16-19-9-10-21-22(14-19)29-12-11-28-21/h4-10,13-14H,3,11-12,15-16H2,1-2H3. The first kappa shape index (κ1) is 19.1. The molecule has 6 nitrogen and oxygen atoms in total. The maximum Gasteiger partial charge on any atom is 0.272 e. The third-order valence-corrected chi connectivity index (χ3v) is 4.90. The fourth-order valence-electron chi connectivity index (χ4n) is 3.53. The monoisotopic (exact) mass is 391 g/mol. The van der Waals surface area contributed by atoms with Crippen molar-refractivity contribution in [1.29, 1.82) is 0 Å². The van der Waals surface area contributed by atoms with Crippen molar-refractivity contribution in [2.75, 3.05) is 13.2 Å². The van der Waals surface area contributed by atoms with Crippen LogP contribution in [-0.2, 0) is 19.6 Å². The molecule has 1 amide bonds. The molecule has 2 aromatic carbocycles. The summed E-state index contributed by atoms with van der Waals surface area (Å²) >= 11 is 0. The van der Waals surface area contributed by atoms with E-state index in [1.54, 1.807) is 4.68 Å². The topological polar surface area (TPSA) is 56.6 Å². The highest BCUT2D eigenvalue weighted by atomic mass is 16.6. The summed E-state index contributed by atoms with van der Waals surface area (Å²) in [5.41, 5.74) is 3.53. The van der Waals surface area contributed by atoms with E-state index in [0.717, 1.165) is 28.3 Å². The van der Waals surface area contributed by atoms with Gasteiger partial charge in [0.15, 0.2) is 11.5 Å². The van der Waals surface area contributed by atoms with Crippen LogP contribution >= 0.6 is 0 Å². The Hall–Kier alpha value is -3.28. The summed E-state index contributed by atoms with van der Waals surface area (Å²) in [6.45, 7) is 6.64. The minimum absolute atomic E-state index is 0.0359. The van der Waals surface area contributed by atoms with Crippen LogP contribution in [0.1, 0.15) is 34.2 Å². The van der Waals surface area contributed by atoms with Gasteiger partial charge in [-0.3, -0.25) is 9.48 Å². The molecule has 1 aromatic heterocycles. The summed E-state index contributed by atoms with van der Waals surface area (Å²) in [6.07, 6.45) is 0. The van der Waals surface area contributed by atoms with E-state index in [9.17, 15) is 4.79 Å². The van der Waals surface area contributed by atoms with E-state index in [0.29, 0.717) is 38.5 Å². The van der Waals surface area contributed by atoms with E-state index >= 15 is 0 Å². The molecule has 0 fully saturated rings. The van der Waals surface area contributed by atoms with Crippen molar-refractivity contribution in [2.45, 2.75) is 33.5 Å². The van der Waals surface area contributed by atoms with E-state index in [1.165, 1.54) is 0 Å². The van der Waals surface area contributed by atoms with Crippen molar-refractivity contribution in [3.05, 3.63) is 77.1 Å². The van der Waals surface area contributed by atoms with Gasteiger partial charge < -0.3 is 14.4 Å². The van der Waals surface area contributed by atoms with Gasteiger partial charge in [-0.05, 0) is 43.2 Å². The summed E-state index contributed by atoms with van der Waals surface area (Å²) < 4.78 is 13.1. The van der Waals surface area contributed by atoms with Gasteiger partial charge in [-0.25, -0.2) is 0 Å². The number of carbonyl (C=O) groups excluding carboxylic acids is 1. The Kier molecular flexibility index (Phi) is 5.51. The van der Waals surface area contributed by atoms with Gasteiger partial charge in [-0.15, -0.1) is 0 Å². The van der Waals surface area contributed by atoms with E-state index < -0.39 is 0 Å². The molecule has 29 heavy (non-hydrogen) atoms. The van der Waals surface area contributed by atoms with Crippen molar-refractivity contribution in [1.82, 2.24) is 14.7 Å². The van der Waals surface area contributed by atoms with Crippen molar-refractivity contribution < 1.29 is 14.3 Å². The van der Waals surface area contributed by atoms with Crippen LogP contribution in [0, 0.1) is 6.92 Å². The van der Waals surface area contributed by atoms with Crippen LogP contribution in [0.2, 0.25) is 0 Å². The van der Waals surface area contributed by atoms with Gasteiger partial charge >= 0.3 is 0 Å².